The molecule has 0 radical (unpaired) electrons. The van der Waals surface area contributed by atoms with Gasteiger partial charge in [-0.15, -0.1) is 0 Å². The number of fused-ring (bicyclic) bond motifs is 2. The summed E-state index contributed by atoms with van der Waals surface area (Å²) in [5.74, 6) is 1.60. The Morgan fingerprint density at radius 2 is 2.00 bits per heavy atom. The number of aromatic nitrogens is 1. The van der Waals surface area contributed by atoms with Crippen LogP contribution in [0.2, 0.25) is 0 Å². The first-order chi connectivity index (χ1) is 13.7. The minimum atomic E-state index is 0.215. The van der Waals surface area contributed by atoms with Crippen molar-refractivity contribution < 1.29 is 9.59 Å². The van der Waals surface area contributed by atoms with Crippen LogP contribution in [0.4, 0.5) is 0 Å². The van der Waals surface area contributed by atoms with Gasteiger partial charge in [0.25, 0.3) is 0 Å². The van der Waals surface area contributed by atoms with Crippen molar-refractivity contribution in [1.82, 2.24) is 20.1 Å². The predicted octanol–water partition coefficient (Wildman–Crippen LogP) is 1.85. The topological polar surface area (TPSA) is 65.5 Å². The number of hydrogen-bond acceptors (Lipinski definition) is 4. The Kier molecular flexibility index (Phi) is 6.25. The Morgan fingerprint density at radius 1 is 1.14 bits per heavy atom. The van der Waals surface area contributed by atoms with Crippen molar-refractivity contribution in [3.8, 4) is 0 Å². The Bertz CT molecular complexity index is 674. The van der Waals surface area contributed by atoms with Gasteiger partial charge in [-0.3, -0.25) is 14.6 Å². The summed E-state index contributed by atoms with van der Waals surface area (Å²) in [6.07, 6.45) is 10.1. The van der Waals surface area contributed by atoms with Gasteiger partial charge in [0.05, 0.1) is 6.42 Å². The highest BCUT2D eigenvalue weighted by Gasteiger charge is 2.37. The third kappa shape index (κ3) is 4.72. The van der Waals surface area contributed by atoms with Crippen LogP contribution in [0.25, 0.3) is 0 Å². The van der Waals surface area contributed by atoms with Gasteiger partial charge >= 0.3 is 0 Å². The maximum atomic E-state index is 12.8. The van der Waals surface area contributed by atoms with E-state index in [-0.39, 0.29) is 5.91 Å². The molecule has 152 valence electrons. The summed E-state index contributed by atoms with van der Waals surface area (Å²) >= 11 is 0. The molecule has 2 unspecified atom stereocenters. The molecule has 0 spiro atoms. The number of likely N-dealkylation sites (tertiary alicyclic amines) is 2. The Morgan fingerprint density at radius 3 is 2.79 bits per heavy atom. The van der Waals surface area contributed by atoms with Crippen molar-refractivity contribution in [2.75, 3.05) is 32.7 Å². The van der Waals surface area contributed by atoms with Crippen LogP contribution in [0.5, 0.6) is 0 Å². The van der Waals surface area contributed by atoms with Gasteiger partial charge < -0.3 is 15.1 Å². The van der Waals surface area contributed by atoms with Crippen LogP contribution in [0, 0.1) is 11.8 Å². The number of amides is 2. The minimum Gasteiger partial charge on any atom is -0.343 e. The third-order valence-corrected chi connectivity index (χ3v) is 6.60. The summed E-state index contributed by atoms with van der Waals surface area (Å²) in [4.78, 5) is 33.2. The van der Waals surface area contributed by atoms with Gasteiger partial charge in [-0.05, 0) is 62.1 Å². The van der Waals surface area contributed by atoms with E-state index in [1.165, 1.54) is 6.42 Å². The van der Waals surface area contributed by atoms with Crippen LogP contribution >= 0.6 is 0 Å². The molecule has 1 aromatic heterocycles. The summed E-state index contributed by atoms with van der Waals surface area (Å²) in [6.45, 7) is 4.58. The molecule has 3 atom stereocenters. The molecular formula is C22H32N4O2. The zero-order chi connectivity index (χ0) is 19.3. The average Bonchev–Trinajstić information content (AvgIpc) is 3.25. The number of nitrogens with zero attached hydrogens (tertiary/aromatic N) is 3. The number of nitrogens with one attached hydrogen (secondary N) is 1. The first kappa shape index (κ1) is 19.4. The zero-order valence-electron chi connectivity index (χ0n) is 16.7. The number of pyridine rings is 1. The van der Waals surface area contributed by atoms with Gasteiger partial charge in [-0.2, -0.15) is 0 Å². The van der Waals surface area contributed by atoms with E-state index in [9.17, 15) is 9.59 Å². The number of carbonyl (C=O) groups is 2. The summed E-state index contributed by atoms with van der Waals surface area (Å²) < 4.78 is 0. The summed E-state index contributed by atoms with van der Waals surface area (Å²) in [5, 5.41) is 3.70. The van der Waals surface area contributed by atoms with Crippen molar-refractivity contribution in [1.29, 1.82) is 0 Å². The van der Waals surface area contributed by atoms with Crippen LogP contribution in [-0.2, 0) is 16.0 Å². The fraction of sp³-hybridized carbons (Fsp3) is 0.682. The molecule has 1 N–H and O–H groups in total. The molecule has 3 aliphatic rings. The molecule has 3 aliphatic heterocycles. The largest absolute Gasteiger partial charge is 0.343 e. The molecule has 3 saturated heterocycles. The Balaban J connectivity index is 1.26. The minimum absolute atomic E-state index is 0.215. The molecular weight excluding hydrogens is 352 g/mol. The molecule has 4 rings (SSSR count). The van der Waals surface area contributed by atoms with Gasteiger partial charge in [0.15, 0.2) is 0 Å². The van der Waals surface area contributed by atoms with Crippen molar-refractivity contribution >= 4 is 11.8 Å². The van der Waals surface area contributed by atoms with Crippen LogP contribution in [0.1, 0.15) is 44.1 Å². The molecule has 3 fully saturated rings. The highest BCUT2D eigenvalue weighted by Crippen LogP contribution is 2.30. The molecule has 6 nitrogen and oxygen atoms in total. The monoisotopic (exact) mass is 384 g/mol. The summed E-state index contributed by atoms with van der Waals surface area (Å²) in [5.41, 5.74) is 0.985. The normalized spacial score (nSPS) is 27.1. The summed E-state index contributed by atoms with van der Waals surface area (Å²) in [7, 11) is 0. The lowest BCUT2D eigenvalue weighted by molar-refractivity contribution is -0.134. The third-order valence-electron chi connectivity index (χ3n) is 6.60. The van der Waals surface area contributed by atoms with Crippen LogP contribution in [-0.4, -0.2) is 65.4 Å². The second-order valence-corrected chi connectivity index (χ2v) is 8.69. The quantitative estimate of drug-likeness (QED) is 0.813. The van der Waals surface area contributed by atoms with E-state index in [4.69, 9.17) is 0 Å². The maximum absolute atomic E-state index is 12.8. The van der Waals surface area contributed by atoms with Crippen LogP contribution < -0.4 is 5.32 Å². The van der Waals surface area contributed by atoms with E-state index in [2.05, 4.69) is 15.2 Å². The standard InChI is InChI=1S/C22H32N4O2/c27-21(25-9-1-2-10-25)7-3-6-20-19-11-18(14-24-20)15-26(16-19)22(28)12-17-5-4-8-23-13-17/h4-5,8,13,18-20,24H,1-3,6-7,9-12,14-16H2/t18?,19?,20-/m1/s1. The average molecular weight is 385 g/mol. The van der Waals surface area contributed by atoms with E-state index >= 15 is 0 Å². The molecule has 28 heavy (non-hydrogen) atoms. The predicted molar refractivity (Wildman–Crippen MR) is 108 cm³/mol. The Hall–Kier alpha value is -1.95. The zero-order valence-corrected chi connectivity index (χ0v) is 16.7. The van der Waals surface area contributed by atoms with Crippen molar-refractivity contribution in [3.05, 3.63) is 30.1 Å². The molecule has 0 aliphatic carbocycles. The van der Waals surface area contributed by atoms with Crippen LogP contribution in [0.3, 0.4) is 0 Å². The lowest BCUT2D eigenvalue weighted by Gasteiger charge is -2.46. The second kappa shape index (κ2) is 9.03. The number of piperidine rings is 2. The van der Waals surface area contributed by atoms with E-state index in [0.717, 1.165) is 64.0 Å². The van der Waals surface area contributed by atoms with Gasteiger partial charge in [-0.1, -0.05) is 6.07 Å². The van der Waals surface area contributed by atoms with E-state index in [0.29, 0.717) is 36.6 Å². The summed E-state index contributed by atoms with van der Waals surface area (Å²) in [6, 6.07) is 4.28. The number of carbonyl (C=O) groups excluding carboxylic acids is 2. The number of hydrogen-bond donors (Lipinski definition) is 1. The molecule has 0 aromatic carbocycles. The molecule has 0 saturated carbocycles. The lowest BCUT2D eigenvalue weighted by atomic mass is 9.79. The highest BCUT2D eigenvalue weighted by atomic mass is 16.2. The molecule has 1 aromatic rings. The first-order valence-electron chi connectivity index (χ1n) is 10.9. The molecule has 4 heterocycles. The maximum Gasteiger partial charge on any atom is 0.227 e. The van der Waals surface area contributed by atoms with Gasteiger partial charge in [0, 0.05) is 51.0 Å². The molecule has 2 bridgehead atoms. The van der Waals surface area contributed by atoms with E-state index in [1.807, 2.05) is 17.0 Å². The van der Waals surface area contributed by atoms with Gasteiger partial charge in [0.1, 0.15) is 0 Å². The van der Waals surface area contributed by atoms with Crippen molar-refractivity contribution in [3.63, 3.8) is 0 Å². The van der Waals surface area contributed by atoms with Gasteiger partial charge in [0.2, 0.25) is 11.8 Å². The number of rotatable bonds is 6. The highest BCUT2D eigenvalue weighted by molar-refractivity contribution is 5.79. The molecule has 2 amide bonds. The smallest absolute Gasteiger partial charge is 0.227 e. The SMILES string of the molecule is O=C(CCC[C@H]1NCC2CC1CN(C(=O)Cc1cccnc1)C2)N1CCCC1. The second-order valence-electron chi connectivity index (χ2n) is 8.69. The first-order valence-corrected chi connectivity index (χ1v) is 10.9. The van der Waals surface area contributed by atoms with Crippen molar-refractivity contribution in [2.45, 2.75) is 51.0 Å². The van der Waals surface area contributed by atoms with Crippen LogP contribution in [0.15, 0.2) is 24.5 Å². The lowest BCUT2D eigenvalue weighted by Crippen LogP contribution is -2.57. The van der Waals surface area contributed by atoms with E-state index < -0.39 is 0 Å². The fourth-order valence-corrected chi connectivity index (χ4v) is 5.10. The van der Waals surface area contributed by atoms with Crippen molar-refractivity contribution in [2.24, 2.45) is 11.8 Å². The van der Waals surface area contributed by atoms with E-state index in [1.54, 1.807) is 12.4 Å². The van der Waals surface area contributed by atoms with Gasteiger partial charge in [-0.25, -0.2) is 0 Å². The Labute approximate surface area is 167 Å². The molecule has 6 heteroatoms. The fourth-order valence-electron chi connectivity index (χ4n) is 5.10.